The molecule has 3 aromatic heterocycles. The third-order valence-corrected chi connectivity index (χ3v) is 5.71. The Hall–Kier alpha value is -3.24. The maximum Gasteiger partial charge on any atom is 0.0486 e. The van der Waals surface area contributed by atoms with E-state index in [2.05, 4.69) is 107 Å². The first-order valence-corrected chi connectivity index (χ1v) is 10.2. The van der Waals surface area contributed by atoms with Crippen molar-refractivity contribution >= 4 is 21.8 Å². The molecule has 0 fully saturated rings. The number of benzene rings is 2. The minimum atomic E-state index is 1.02. The van der Waals surface area contributed by atoms with Crippen molar-refractivity contribution in [2.24, 2.45) is 0 Å². The van der Waals surface area contributed by atoms with E-state index >= 15 is 0 Å². The highest BCUT2D eigenvalue weighted by molar-refractivity contribution is 6.04. The van der Waals surface area contributed by atoms with Crippen LogP contribution in [0.4, 0.5) is 0 Å². The molecule has 0 saturated carbocycles. The van der Waals surface area contributed by atoms with E-state index in [1.807, 2.05) is 0 Å². The monoisotopic (exact) mass is 382 g/mol. The molecule has 0 radical (unpaired) electrons. The summed E-state index contributed by atoms with van der Waals surface area (Å²) < 4.78 is 2.40. The van der Waals surface area contributed by atoms with Crippen LogP contribution in [0.5, 0.6) is 0 Å². The summed E-state index contributed by atoms with van der Waals surface area (Å²) >= 11 is 0. The van der Waals surface area contributed by atoms with Gasteiger partial charge in [0.2, 0.25) is 0 Å². The summed E-state index contributed by atoms with van der Waals surface area (Å²) in [6, 6.07) is 17.2. The lowest BCUT2D eigenvalue weighted by Gasteiger charge is -2.10. The molecule has 146 valence electrons. The summed E-state index contributed by atoms with van der Waals surface area (Å²) in [6.45, 7) is 2.11. The molecule has 0 aliphatic rings. The lowest BCUT2D eigenvalue weighted by atomic mass is 9.98. The maximum absolute atomic E-state index is 3.41. The van der Waals surface area contributed by atoms with Crippen LogP contribution in [0.1, 0.15) is 6.42 Å². The standard InChI is InChI=1S/C25H26N4/c1-28(2)12-7-13-29-17-23(19-9-4-6-11-25(19)29)21-15-26-14-20(21)22-16-27-24-10-5-3-8-18(22)24/h3-6,8-11,14-17,26-27H,7,12-13H2,1-2H3. The van der Waals surface area contributed by atoms with Gasteiger partial charge in [-0.25, -0.2) is 0 Å². The van der Waals surface area contributed by atoms with E-state index in [-0.39, 0.29) is 0 Å². The zero-order valence-electron chi connectivity index (χ0n) is 16.9. The Morgan fingerprint density at radius 2 is 1.52 bits per heavy atom. The number of rotatable bonds is 6. The van der Waals surface area contributed by atoms with Gasteiger partial charge in [0.25, 0.3) is 0 Å². The molecule has 0 aliphatic carbocycles. The first kappa shape index (κ1) is 17.8. The van der Waals surface area contributed by atoms with E-state index in [0.29, 0.717) is 0 Å². The normalized spacial score (nSPS) is 11.8. The highest BCUT2D eigenvalue weighted by Crippen LogP contribution is 2.39. The third kappa shape index (κ3) is 3.15. The van der Waals surface area contributed by atoms with Gasteiger partial charge in [0.1, 0.15) is 0 Å². The summed E-state index contributed by atoms with van der Waals surface area (Å²) in [4.78, 5) is 9.01. The van der Waals surface area contributed by atoms with Crippen LogP contribution in [-0.4, -0.2) is 40.1 Å². The molecule has 5 aromatic rings. The first-order chi connectivity index (χ1) is 14.2. The van der Waals surface area contributed by atoms with Crippen LogP contribution in [0.15, 0.2) is 73.3 Å². The number of hydrogen-bond acceptors (Lipinski definition) is 1. The molecule has 4 nitrogen and oxygen atoms in total. The quantitative estimate of drug-likeness (QED) is 0.386. The van der Waals surface area contributed by atoms with Crippen LogP contribution in [0.25, 0.3) is 44.1 Å². The number of nitrogens with one attached hydrogen (secondary N) is 2. The van der Waals surface area contributed by atoms with Gasteiger partial charge in [-0.05, 0) is 39.2 Å². The summed E-state index contributed by atoms with van der Waals surface area (Å²) in [5, 5.41) is 2.56. The largest absolute Gasteiger partial charge is 0.366 e. The van der Waals surface area contributed by atoms with Gasteiger partial charge >= 0.3 is 0 Å². The van der Waals surface area contributed by atoms with Gasteiger partial charge in [0, 0.05) is 75.4 Å². The molecule has 0 spiro atoms. The topological polar surface area (TPSA) is 39.8 Å². The van der Waals surface area contributed by atoms with Gasteiger partial charge in [-0.1, -0.05) is 36.4 Å². The number of aromatic amines is 2. The van der Waals surface area contributed by atoms with Gasteiger partial charge in [0.05, 0.1) is 0 Å². The molecule has 4 heteroatoms. The van der Waals surface area contributed by atoms with Crippen molar-refractivity contribution in [3.8, 4) is 22.3 Å². The number of H-pyrrole nitrogens is 2. The van der Waals surface area contributed by atoms with Crippen LogP contribution in [0, 0.1) is 0 Å². The van der Waals surface area contributed by atoms with E-state index in [1.165, 1.54) is 44.1 Å². The SMILES string of the molecule is CN(C)CCCn1cc(-c2c[nH]cc2-c2c[nH]c3ccccc23)c2ccccc21. The smallest absolute Gasteiger partial charge is 0.0486 e. The Kier molecular flexibility index (Phi) is 4.49. The van der Waals surface area contributed by atoms with Gasteiger partial charge in [-0.3, -0.25) is 0 Å². The zero-order chi connectivity index (χ0) is 19.8. The summed E-state index contributed by atoms with van der Waals surface area (Å²) in [6.07, 6.45) is 9.81. The number of nitrogens with zero attached hydrogens (tertiary/aromatic N) is 2. The molecule has 0 aliphatic heterocycles. The second kappa shape index (κ2) is 7.30. The molecule has 0 saturated heterocycles. The van der Waals surface area contributed by atoms with Crippen molar-refractivity contribution in [3.05, 3.63) is 73.3 Å². The highest BCUT2D eigenvalue weighted by atomic mass is 15.1. The fourth-order valence-electron chi connectivity index (χ4n) is 4.31. The Bertz CT molecular complexity index is 1270. The molecule has 3 heterocycles. The number of para-hydroxylation sites is 2. The van der Waals surface area contributed by atoms with E-state index < -0.39 is 0 Å². The Morgan fingerprint density at radius 3 is 2.34 bits per heavy atom. The highest BCUT2D eigenvalue weighted by Gasteiger charge is 2.17. The molecule has 0 atom stereocenters. The van der Waals surface area contributed by atoms with Gasteiger partial charge in [-0.15, -0.1) is 0 Å². The van der Waals surface area contributed by atoms with Crippen molar-refractivity contribution in [2.45, 2.75) is 13.0 Å². The lowest BCUT2D eigenvalue weighted by molar-refractivity contribution is 0.388. The minimum Gasteiger partial charge on any atom is -0.366 e. The van der Waals surface area contributed by atoms with E-state index in [0.717, 1.165) is 19.5 Å². The summed E-state index contributed by atoms with van der Waals surface area (Å²) in [5.74, 6) is 0. The Labute approximate surface area is 170 Å². The van der Waals surface area contributed by atoms with Crippen LogP contribution >= 0.6 is 0 Å². The zero-order valence-corrected chi connectivity index (χ0v) is 16.9. The van der Waals surface area contributed by atoms with Crippen molar-refractivity contribution in [3.63, 3.8) is 0 Å². The molecular formula is C25H26N4. The van der Waals surface area contributed by atoms with Crippen molar-refractivity contribution in [2.75, 3.05) is 20.6 Å². The van der Waals surface area contributed by atoms with Gasteiger partial charge < -0.3 is 19.4 Å². The average Bonchev–Trinajstić information content (AvgIpc) is 3.44. The van der Waals surface area contributed by atoms with Gasteiger partial charge in [-0.2, -0.15) is 0 Å². The van der Waals surface area contributed by atoms with Crippen molar-refractivity contribution in [1.29, 1.82) is 0 Å². The molecule has 2 N–H and O–H groups in total. The number of aryl methyl sites for hydroxylation is 1. The fraction of sp³-hybridized carbons (Fsp3) is 0.200. The van der Waals surface area contributed by atoms with Crippen molar-refractivity contribution < 1.29 is 0 Å². The molecule has 5 rings (SSSR count). The first-order valence-electron chi connectivity index (χ1n) is 10.2. The predicted octanol–water partition coefficient (Wildman–Crippen LogP) is 5.74. The third-order valence-electron chi connectivity index (χ3n) is 5.71. The molecule has 0 amide bonds. The van der Waals surface area contributed by atoms with Crippen LogP contribution in [0.2, 0.25) is 0 Å². The second-order valence-electron chi connectivity index (χ2n) is 7.94. The number of fused-ring (bicyclic) bond motifs is 2. The number of aromatic nitrogens is 3. The molecule has 0 bridgehead atoms. The summed E-state index contributed by atoms with van der Waals surface area (Å²) in [5.41, 5.74) is 7.47. The van der Waals surface area contributed by atoms with E-state index in [4.69, 9.17) is 0 Å². The Morgan fingerprint density at radius 1 is 0.793 bits per heavy atom. The van der Waals surface area contributed by atoms with Crippen LogP contribution in [0.3, 0.4) is 0 Å². The van der Waals surface area contributed by atoms with E-state index in [1.54, 1.807) is 0 Å². The minimum absolute atomic E-state index is 1.02. The van der Waals surface area contributed by atoms with Crippen LogP contribution in [-0.2, 0) is 6.54 Å². The summed E-state index contributed by atoms with van der Waals surface area (Å²) in [7, 11) is 4.26. The predicted molar refractivity (Wildman–Crippen MR) is 122 cm³/mol. The average molecular weight is 383 g/mol. The van der Waals surface area contributed by atoms with E-state index in [9.17, 15) is 0 Å². The molecular weight excluding hydrogens is 356 g/mol. The fourth-order valence-corrected chi connectivity index (χ4v) is 4.31. The maximum atomic E-state index is 3.41. The molecule has 29 heavy (non-hydrogen) atoms. The molecule has 2 aromatic carbocycles. The second-order valence-corrected chi connectivity index (χ2v) is 7.94. The lowest BCUT2D eigenvalue weighted by Crippen LogP contribution is -2.14. The van der Waals surface area contributed by atoms with Crippen LogP contribution < -0.4 is 0 Å². The Balaban J connectivity index is 1.62. The molecule has 0 unspecified atom stereocenters. The van der Waals surface area contributed by atoms with Gasteiger partial charge in [0.15, 0.2) is 0 Å². The van der Waals surface area contributed by atoms with Crippen molar-refractivity contribution in [1.82, 2.24) is 19.4 Å². The number of hydrogen-bond donors (Lipinski definition) is 2.